The van der Waals surface area contributed by atoms with Gasteiger partial charge in [-0.25, -0.2) is 34.9 Å². The van der Waals surface area contributed by atoms with Gasteiger partial charge in [-0.2, -0.15) is 0 Å². The van der Waals surface area contributed by atoms with Gasteiger partial charge in [0.15, 0.2) is 28.2 Å². The highest BCUT2D eigenvalue weighted by Crippen LogP contribution is 2.49. The van der Waals surface area contributed by atoms with Crippen LogP contribution in [0.25, 0.3) is 0 Å². The number of benzene rings is 2. The average Bonchev–Trinajstić information content (AvgIpc) is 2.73. The van der Waals surface area contributed by atoms with Crippen molar-refractivity contribution in [3.63, 3.8) is 0 Å². The van der Waals surface area contributed by atoms with E-state index in [-0.39, 0.29) is 23.2 Å². The molecule has 0 radical (unpaired) electrons. The van der Waals surface area contributed by atoms with E-state index < -0.39 is 51.8 Å². The summed E-state index contributed by atoms with van der Waals surface area (Å²) >= 11 is 0. The number of phosphoric acid groups is 1. The molecule has 7 nitrogen and oxygen atoms in total. The number of phosphoric ester groups is 1. The summed E-state index contributed by atoms with van der Waals surface area (Å²) in [6, 6.07) is 2.27. The summed E-state index contributed by atoms with van der Waals surface area (Å²) < 4.78 is 121. The molecule has 0 aliphatic carbocycles. The number of halogens is 5. The minimum absolute atomic E-state index is 0. The molecule has 0 saturated heterocycles. The topological polar surface area (TPSA) is 82.1 Å². The standard InChI is InChI=1S/C17H17F5NO6PS.CH4/c1-8-6-10(7-11(9(8)2)29-30(24,27-4)28-5)23(3)31(25,26)17-15(21)13(19)12(18)14(20)16(17)22;/h6-7H,1-5H3;1H4. The zero-order valence-electron chi connectivity index (χ0n) is 16.8. The Kier molecular flexibility index (Phi) is 8.46. The van der Waals surface area contributed by atoms with Gasteiger partial charge in [-0.3, -0.25) is 13.4 Å². The van der Waals surface area contributed by atoms with E-state index in [4.69, 9.17) is 4.52 Å². The Morgan fingerprint density at radius 2 is 1.31 bits per heavy atom. The average molecular weight is 505 g/mol. The normalized spacial score (nSPS) is 11.8. The van der Waals surface area contributed by atoms with Crippen LogP contribution >= 0.6 is 7.82 Å². The van der Waals surface area contributed by atoms with Crippen molar-refractivity contribution >= 4 is 23.5 Å². The van der Waals surface area contributed by atoms with Gasteiger partial charge in [0.25, 0.3) is 10.0 Å². The fourth-order valence-corrected chi connectivity index (χ4v) is 4.46. The van der Waals surface area contributed by atoms with Crippen molar-refractivity contribution in [1.29, 1.82) is 0 Å². The zero-order chi connectivity index (χ0) is 23.9. The lowest BCUT2D eigenvalue weighted by atomic mass is 10.1. The van der Waals surface area contributed by atoms with E-state index in [0.717, 1.165) is 27.3 Å². The maximum atomic E-state index is 14.1. The predicted molar refractivity (Wildman–Crippen MR) is 107 cm³/mol. The molecule has 0 N–H and O–H groups in total. The molecule has 14 heteroatoms. The molecule has 32 heavy (non-hydrogen) atoms. The van der Waals surface area contributed by atoms with Gasteiger partial charge >= 0.3 is 7.82 Å². The van der Waals surface area contributed by atoms with Crippen LogP contribution in [0.3, 0.4) is 0 Å². The molecule has 0 spiro atoms. The summed E-state index contributed by atoms with van der Waals surface area (Å²) in [7, 11) is -6.43. The number of aryl methyl sites for hydroxylation is 1. The molecule has 2 aromatic rings. The molecule has 2 rings (SSSR count). The molecule has 0 fully saturated rings. The van der Waals surface area contributed by atoms with Crippen LogP contribution in [0.15, 0.2) is 17.0 Å². The fourth-order valence-electron chi connectivity index (χ4n) is 2.44. The highest BCUT2D eigenvalue weighted by atomic mass is 32.2. The van der Waals surface area contributed by atoms with E-state index in [9.17, 15) is 34.9 Å². The van der Waals surface area contributed by atoms with Gasteiger partial charge in [-0.15, -0.1) is 0 Å². The van der Waals surface area contributed by atoms with Gasteiger partial charge in [0.05, 0.1) is 5.69 Å². The van der Waals surface area contributed by atoms with E-state index in [1.54, 1.807) is 0 Å². The van der Waals surface area contributed by atoms with E-state index in [1.165, 1.54) is 19.9 Å². The molecule has 0 bridgehead atoms. The number of nitrogens with zero attached hydrogens (tertiary/aromatic N) is 1. The smallest absolute Gasteiger partial charge is 0.404 e. The van der Waals surface area contributed by atoms with Crippen molar-refractivity contribution in [2.24, 2.45) is 0 Å². The predicted octanol–water partition coefficient (Wildman–Crippen LogP) is 5.24. The SMILES string of the molecule is C.COP(=O)(OC)Oc1cc(N(C)S(=O)(=O)c2c(F)c(F)c(F)c(F)c2F)cc(C)c1C. The van der Waals surface area contributed by atoms with Gasteiger partial charge in [0, 0.05) is 27.3 Å². The molecular formula is C18H21F5NO6PS. The number of sulfonamides is 1. The molecule has 0 aromatic heterocycles. The van der Waals surface area contributed by atoms with Crippen LogP contribution in [0.5, 0.6) is 5.75 Å². The van der Waals surface area contributed by atoms with Gasteiger partial charge < -0.3 is 4.52 Å². The highest BCUT2D eigenvalue weighted by Gasteiger charge is 2.36. The Balaban J connectivity index is 0.00000512. The molecule has 180 valence electrons. The molecule has 0 aliphatic rings. The van der Waals surface area contributed by atoms with Crippen LogP contribution in [-0.2, 0) is 23.6 Å². The molecular weight excluding hydrogens is 484 g/mol. The third kappa shape index (κ3) is 4.75. The summed E-state index contributed by atoms with van der Waals surface area (Å²) in [6.07, 6.45) is 0. The zero-order valence-corrected chi connectivity index (χ0v) is 18.5. The first-order valence-electron chi connectivity index (χ1n) is 8.24. The quantitative estimate of drug-likeness (QED) is 0.222. The van der Waals surface area contributed by atoms with Crippen LogP contribution in [0, 0.1) is 42.9 Å². The number of rotatable bonds is 7. The summed E-state index contributed by atoms with van der Waals surface area (Å²) in [5, 5.41) is 0. The first kappa shape index (κ1) is 27.8. The molecule has 0 atom stereocenters. The molecule has 2 aromatic carbocycles. The van der Waals surface area contributed by atoms with E-state index in [2.05, 4.69) is 9.05 Å². The van der Waals surface area contributed by atoms with Crippen LogP contribution in [-0.4, -0.2) is 29.7 Å². The molecule has 0 heterocycles. The minimum Gasteiger partial charge on any atom is -0.404 e. The monoisotopic (exact) mass is 505 g/mol. The second-order valence-electron chi connectivity index (χ2n) is 6.16. The lowest BCUT2D eigenvalue weighted by Gasteiger charge is -2.23. The summed E-state index contributed by atoms with van der Waals surface area (Å²) in [5.74, 6) is -12.5. The maximum absolute atomic E-state index is 14.1. The Bertz CT molecular complexity index is 1150. The molecule has 0 amide bonds. The Morgan fingerprint density at radius 1 is 0.875 bits per heavy atom. The summed E-state index contributed by atoms with van der Waals surface area (Å²) in [6.45, 7) is 3.04. The number of hydrogen-bond acceptors (Lipinski definition) is 6. The van der Waals surface area contributed by atoms with Crippen molar-refractivity contribution in [1.82, 2.24) is 0 Å². The minimum atomic E-state index is -5.27. The lowest BCUT2D eigenvalue weighted by molar-refractivity contribution is 0.210. The second kappa shape index (κ2) is 9.74. The third-order valence-electron chi connectivity index (χ3n) is 4.41. The molecule has 0 saturated carbocycles. The van der Waals surface area contributed by atoms with Crippen molar-refractivity contribution in [3.8, 4) is 5.75 Å². The van der Waals surface area contributed by atoms with Gasteiger partial charge in [-0.05, 0) is 31.0 Å². The number of hydrogen-bond donors (Lipinski definition) is 0. The van der Waals surface area contributed by atoms with Crippen molar-refractivity contribution in [3.05, 3.63) is 52.3 Å². The largest absolute Gasteiger partial charge is 0.529 e. The Hall–Kier alpha value is -2.21. The van der Waals surface area contributed by atoms with Crippen LogP contribution in [0.1, 0.15) is 18.6 Å². The lowest BCUT2D eigenvalue weighted by Crippen LogP contribution is -2.29. The Morgan fingerprint density at radius 3 is 1.75 bits per heavy atom. The molecule has 0 aliphatic heterocycles. The second-order valence-corrected chi connectivity index (χ2v) is 9.87. The first-order chi connectivity index (χ1) is 14.2. The summed E-state index contributed by atoms with van der Waals surface area (Å²) in [4.78, 5) is -2.02. The van der Waals surface area contributed by atoms with E-state index in [0.29, 0.717) is 11.1 Å². The van der Waals surface area contributed by atoms with Crippen molar-refractivity contribution in [2.75, 3.05) is 25.6 Å². The fraction of sp³-hybridized carbons (Fsp3) is 0.333. The summed E-state index contributed by atoms with van der Waals surface area (Å²) in [5.41, 5.74) is 0.478. The maximum Gasteiger partial charge on any atom is 0.529 e. The van der Waals surface area contributed by atoms with Gasteiger partial charge in [-0.1, -0.05) is 7.43 Å². The molecule has 0 unspecified atom stereocenters. The number of anilines is 1. The van der Waals surface area contributed by atoms with Gasteiger partial charge in [0.2, 0.25) is 5.82 Å². The van der Waals surface area contributed by atoms with Crippen LogP contribution in [0.2, 0.25) is 0 Å². The van der Waals surface area contributed by atoms with Crippen LogP contribution < -0.4 is 8.83 Å². The van der Waals surface area contributed by atoms with E-state index >= 15 is 0 Å². The third-order valence-corrected chi connectivity index (χ3v) is 7.53. The van der Waals surface area contributed by atoms with Crippen molar-refractivity contribution in [2.45, 2.75) is 26.2 Å². The van der Waals surface area contributed by atoms with E-state index in [1.807, 2.05) is 0 Å². The van der Waals surface area contributed by atoms with Crippen LogP contribution in [0.4, 0.5) is 27.6 Å². The Labute approximate surface area is 182 Å². The first-order valence-corrected chi connectivity index (χ1v) is 11.1. The van der Waals surface area contributed by atoms with Gasteiger partial charge in [0.1, 0.15) is 5.75 Å². The highest BCUT2D eigenvalue weighted by molar-refractivity contribution is 7.92. The van der Waals surface area contributed by atoms with Crippen molar-refractivity contribution < 1.29 is 48.5 Å².